The Hall–Kier alpha value is -2.45. The topological polar surface area (TPSA) is 73.8 Å². The minimum atomic E-state index is -0.405. The smallest absolute Gasteiger partial charge is 0.283 e. The van der Waals surface area contributed by atoms with Crippen molar-refractivity contribution in [2.24, 2.45) is 10.1 Å². The maximum absolute atomic E-state index is 12.5. The summed E-state index contributed by atoms with van der Waals surface area (Å²) in [6, 6.07) is 10.1. The molecule has 0 aliphatic carbocycles. The zero-order valence-electron chi connectivity index (χ0n) is 14.9. The number of nitrogens with one attached hydrogen (secondary N) is 1. The quantitative estimate of drug-likeness (QED) is 0.697. The van der Waals surface area contributed by atoms with Crippen LogP contribution in [0.15, 0.2) is 50.5 Å². The molecule has 6 nitrogen and oxygen atoms in total. The Morgan fingerprint density at radius 1 is 1.19 bits per heavy atom. The van der Waals surface area contributed by atoms with Crippen LogP contribution in [0.25, 0.3) is 11.8 Å². The van der Waals surface area contributed by atoms with Crippen molar-refractivity contribution in [3.05, 3.63) is 57.3 Å². The van der Waals surface area contributed by atoms with Crippen LogP contribution in [-0.4, -0.2) is 31.5 Å². The van der Waals surface area contributed by atoms with E-state index in [0.717, 1.165) is 32.2 Å². The summed E-state index contributed by atoms with van der Waals surface area (Å²) < 4.78 is 3.14. The monoisotopic (exact) mass is 441 g/mol. The number of hydrogen-bond donors (Lipinski definition) is 1. The molecule has 1 N–H and O–H groups in total. The molecule has 2 aliphatic rings. The van der Waals surface area contributed by atoms with E-state index in [2.05, 4.69) is 30.6 Å². The van der Waals surface area contributed by atoms with Gasteiger partial charge in [-0.2, -0.15) is 15.1 Å². The average Bonchev–Trinajstić information content (AvgIpc) is 3.12. The van der Waals surface area contributed by atoms with Crippen LogP contribution in [0, 0.1) is 19.3 Å². The Morgan fingerprint density at radius 2 is 1.89 bits per heavy atom. The fraction of sp³-hybridized carbons (Fsp3) is 0.158. The SMILES string of the molecule is CC1=NN2C(=N)/C(=C/c3cc(C)n(-c4ccc(Br)cc4)c3C)C(=O)N=C2S1. The minimum absolute atomic E-state index is 0.0581. The van der Waals surface area contributed by atoms with Gasteiger partial charge in [0.1, 0.15) is 0 Å². The van der Waals surface area contributed by atoms with E-state index in [0.29, 0.717) is 5.17 Å². The minimum Gasteiger partial charge on any atom is -0.318 e. The molecule has 0 atom stereocenters. The van der Waals surface area contributed by atoms with Crippen molar-refractivity contribution >= 4 is 55.7 Å². The van der Waals surface area contributed by atoms with E-state index in [1.165, 1.54) is 16.8 Å². The third-order valence-corrected chi connectivity index (χ3v) is 5.76. The van der Waals surface area contributed by atoms with Gasteiger partial charge in [0.15, 0.2) is 5.84 Å². The lowest BCUT2D eigenvalue weighted by Gasteiger charge is -2.20. The highest BCUT2D eigenvalue weighted by Gasteiger charge is 2.34. The van der Waals surface area contributed by atoms with Crippen LogP contribution in [0.2, 0.25) is 0 Å². The predicted molar refractivity (Wildman–Crippen MR) is 114 cm³/mol. The summed E-state index contributed by atoms with van der Waals surface area (Å²) in [6.45, 7) is 5.85. The van der Waals surface area contributed by atoms with Crippen LogP contribution in [0.5, 0.6) is 0 Å². The number of halogens is 1. The molecule has 2 aromatic rings. The number of nitrogens with zero attached hydrogens (tertiary/aromatic N) is 4. The van der Waals surface area contributed by atoms with Crippen LogP contribution in [0.4, 0.5) is 0 Å². The zero-order chi connectivity index (χ0) is 19.3. The molecule has 0 saturated carbocycles. The molecule has 136 valence electrons. The van der Waals surface area contributed by atoms with Gasteiger partial charge in [-0.3, -0.25) is 10.2 Å². The molecule has 0 saturated heterocycles. The van der Waals surface area contributed by atoms with Crippen molar-refractivity contribution in [1.82, 2.24) is 9.58 Å². The van der Waals surface area contributed by atoms with Crippen molar-refractivity contribution in [1.29, 1.82) is 5.41 Å². The Bertz CT molecular complexity index is 1080. The third kappa shape index (κ3) is 3.08. The number of carbonyl (C=O) groups excluding carboxylic acids is 1. The molecule has 0 radical (unpaired) electrons. The molecule has 27 heavy (non-hydrogen) atoms. The number of aromatic nitrogens is 1. The molecule has 0 spiro atoms. The summed E-state index contributed by atoms with van der Waals surface area (Å²) in [6.07, 6.45) is 1.73. The fourth-order valence-corrected chi connectivity index (χ4v) is 4.16. The van der Waals surface area contributed by atoms with Crippen molar-refractivity contribution < 1.29 is 4.79 Å². The average molecular weight is 442 g/mol. The number of rotatable bonds is 2. The normalized spacial score (nSPS) is 18.1. The van der Waals surface area contributed by atoms with Gasteiger partial charge in [-0.15, -0.1) is 0 Å². The molecule has 1 amide bonds. The third-order valence-electron chi connectivity index (χ3n) is 4.41. The number of benzene rings is 1. The number of hydrogen-bond acceptors (Lipinski definition) is 4. The second-order valence-electron chi connectivity index (χ2n) is 6.28. The molecule has 0 bridgehead atoms. The summed E-state index contributed by atoms with van der Waals surface area (Å²) in [4.78, 5) is 16.5. The van der Waals surface area contributed by atoms with Crippen LogP contribution in [0.1, 0.15) is 23.9 Å². The predicted octanol–water partition coefficient (Wildman–Crippen LogP) is 4.50. The van der Waals surface area contributed by atoms with E-state index < -0.39 is 5.91 Å². The number of amidine groups is 2. The largest absolute Gasteiger partial charge is 0.318 e. The van der Waals surface area contributed by atoms with Crippen molar-refractivity contribution in [2.45, 2.75) is 20.8 Å². The molecule has 0 fully saturated rings. The number of aryl methyl sites for hydroxylation is 1. The van der Waals surface area contributed by atoms with Gasteiger partial charge in [-0.25, -0.2) is 0 Å². The maximum Gasteiger partial charge on any atom is 0.283 e. The second-order valence-corrected chi connectivity index (χ2v) is 8.35. The standard InChI is InChI=1S/C19H16BrN5OS/c1-10-8-13(11(2)24(10)15-6-4-14(20)5-7-15)9-16-17(21)25-19(22-18(16)26)27-12(3)23-25/h4-9,21H,1-3H3/b16-9-,21-17?. The fourth-order valence-electron chi connectivity index (χ4n) is 3.16. The lowest BCUT2D eigenvalue weighted by atomic mass is 10.1. The Labute approximate surface area is 169 Å². The number of hydrazone groups is 1. The van der Waals surface area contributed by atoms with E-state index in [1.54, 1.807) is 6.08 Å². The van der Waals surface area contributed by atoms with Crippen LogP contribution < -0.4 is 0 Å². The van der Waals surface area contributed by atoms with E-state index in [4.69, 9.17) is 5.41 Å². The molecule has 1 aromatic carbocycles. The van der Waals surface area contributed by atoms with Gasteiger partial charge in [0.25, 0.3) is 5.91 Å². The van der Waals surface area contributed by atoms with E-state index in [-0.39, 0.29) is 11.4 Å². The number of aliphatic imine (C=N–C) groups is 1. The van der Waals surface area contributed by atoms with Gasteiger partial charge in [-0.1, -0.05) is 15.9 Å². The number of carbonyl (C=O) groups is 1. The van der Waals surface area contributed by atoms with Crippen molar-refractivity contribution in [3.63, 3.8) is 0 Å². The van der Waals surface area contributed by atoms with Crippen LogP contribution >= 0.6 is 27.7 Å². The second kappa shape index (κ2) is 6.61. The molecule has 0 unspecified atom stereocenters. The lowest BCUT2D eigenvalue weighted by molar-refractivity contribution is -0.114. The van der Waals surface area contributed by atoms with E-state index in [9.17, 15) is 4.79 Å². The summed E-state index contributed by atoms with van der Waals surface area (Å²) in [7, 11) is 0. The number of thioether (sulfide) groups is 1. The Morgan fingerprint density at radius 3 is 2.59 bits per heavy atom. The van der Waals surface area contributed by atoms with Crippen molar-refractivity contribution in [3.8, 4) is 5.69 Å². The molecule has 8 heteroatoms. The maximum atomic E-state index is 12.5. The van der Waals surface area contributed by atoms with E-state index >= 15 is 0 Å². The van der Waals surface area contributed by atoms with Gasteiger partial charge < -0.3 is 4.57 Å². The number of amides is 1. The first-order valence-corrected chi connectivity index (χ1v) is 9.88. The Balaban J connectivity index is 1.77. The van der Waals surface area contributed by atoms with Gasteiger partial charge >= 0.3 is 0 Å². The van der Waals surface area contributed by atoms with Gasteiger partial charge in [0.2, 0.25) is 5.17 Å². The molecule has 1 aromatic heterocycles. The van der Waals surface area contributed by atoms with Gasteiger partial charge in [0, 0.05) is 21.5 Å². The van der Waals surface area contributed by atoms with Crippen LogP contribution in [-0.2, 0) is 4.79 Å². The zero-order valence-corrected chi connectivity index (χ0v) is 17.3. The molecule has 4 rings (SSSR count). The molecular formula is C19H16BrN5OS. The summed E-state index contributed by atoms with van der Waals surface area (Å²) >= 11 is 4.76. The lowest BCUT2D eigenvalue weighted by Crippen LogP contribution is -2.35. The first-order valence-electron chi connectivity index (χ1n) is 8.27. The first kappa shape index (κ1) is 17.9. The molecular weight excluding hydrogens is 426 g/mol. The van der Waals surface area contributed by atoms with Crippen LogP contribution in [0.3, 0.4) is 0 Å². The van der Waals surface area contributed by atoms with Gasteiger partial charge in [0.05, 0.1) is 10.6 Å². The van der Waals surface area contributed by atoms with Crippen molar-refractivity contribution in [2.75, 3.05) is 0 Å². The first-order chi connectivity index (χ1) is 12.8. The summed E-state index contributed by atoms with van der Waals surface area (Å²) in [5, 5.41) is 15.3. The summed E-state index contributed by atoms with van der Waals surface area (Å²) in [5.74, 6) is -0.347. The number of fused-ring (bicyclic) bond motifs is 1. The molecule has 2 aliphatic heterocycles. The molecule has 3 heterocycles. The highest BCUT2D eigenvalue weighted by atomic mass is 79.9. The Kier molecular flexibility index (Phi) is 4.39. The highest BCUT2D eigenvalue weighted by molar-refractivity contribution is 9.10. The highest BCUT2D eigenvalue weighted by Crippen LogP contribution is 2.29. The van der Waals surface area contributed by atoms with Gasteiger partial charge in [-0.05, 0) is 74.5 Å². The van der Waals surface area contributed by atoms with E-state index in [1.807, 2.05) is 51.1 Å². The summed E-state index contributed by atoms with van der Waals surface area (Å²) in [5.41, 5.74) is 4.21.